The van der Waals surface area contributed by atoms with E-state index in [0.717, 1.165) is 0 Å². The zero-order valence-electron chi connectivity index (χ0n) is 18.6. The number of rotatable bonds is 10. The number of methoxy groups -OCH3 is 1. The van der Waals surface area contributed by atoms with Crippen LogP contribution in [0.15, 0.2) is 35.5 Å². The molecule has 36 heavy (non-hydrogen) atoms. The minimum Gasteiger partial charge on any atom is -0.456 e. The summed E-state index contributed by atoms with van der Waals surface area (Å²) in [7, 11) is 1.44. The topological polar surface area (TPSA) is 147 Å². The average Bonchev–Trinajstić information content (AvgIpc) is 2.84. The van der Waals surface area contributed by atoms with Crippen LogP contribution in [0.3, 0.4) is 0 Å². The van der Waals surface area contributed by atoms with Crippen molar-refractivity contribution in [1.82, 2.24) is 10.2 Å². The summed E-state index contributed by atoms with van der Waals surface area (Å²) in [6.45, 7) is -0.748. The third-order valence-electron chi connectivity index (χ3n) is 4.88. The molecule has 0 radical (unpaired) electrons. The molecule has 3 rings (SSSR count). The van der Waals surface area contributed by atoms with E-state index in [2.05, 4.69) is 5.32 Å². The Hall–Kier alpha value is -2.29. The van der Waals surface area contributed by atoms with Gasteiger partial charge in [0.25, 0.3) is 11.6 Å². The number of hydrogen-bond acceptors (Lipinski definition) is 10. The minimum absolute atomic E-state index is 0.00901. The van der Waals surface area contributed by atoms with E-state index in [1.807, 2.05) is 0 Å². The number of alkyl halides is 3. The van der Waals surface area contributed by atoms with Crippen LogP contribution in [-0.2, 0) is 35.1 Å². The fourth-order valence-electron chi connectivity index (χ4n) is 3.28. The number of carbonyl (C=O) groups is 3. The molecule has 196 valence electrons. The number of esters is 1. The Kier molecular flexibility index (Phi) is 9.66. The van der Waals surface area contributed by atoms with Crippen molar-refractivity contribution in [2.75, 3.05) is 32.9 Å². The van der Waals surface area contributed by atoms with Crippen LogP contribution in [0.1, 0.15) is 5.56 Å². The molecule has 16 heteroatoms. The van der Waals surface area contributed by atoms with Crippen molar-refractivity contribution >= 4 is 70.2 Å². The first-order chi connectivity index (χ1) is 17.0. The van der Waals surface area contributed by atoms with Gasteiger partial charge in [-0.15, -0.1) is 11.8 Å². The number of hydrogen-bond donors (Lipinski definition) is 1. The van der Waals surface area contributed by atoms with E-state index >= 15 is 0 Å². The first kappa shape index (κ1) is 28.3. The Balaban J connectivity index is 1.63. The van der Waals surface area contributed by atoms with Crippen LogP contribution in [0.4, 0.5) is 10.5 Å². The number of benzene rings is 1. The van der Waals surface area contributed by atoms with Gasteiger partial charge in [-0.25, -0.2) is 9.59 Å². The zero-order valence-corrected chi connectivity index (χ0v) is 21.7. The molecule has 0 spiro atoms. The molecule has 1 aromatic rings. The number of ether oxygens (including phenoxy) is 4. The van der Waals surface area contributed by atoms with E-state index in [4.69, 9.17) is 53.8 Å². The molecule has 1 saturated heterocycles. The van der Waals surface area contributed by atoms with Crippen LogP contribution < -0.4 is 5.32 Å². The monoisotopic (exact) mass is 583 g/mol. The van der Waals surface area contributed by atoms with Crippen LogP contribution in [0.25, 0.3) is 0 Å². The number of nitro benzene ring substituents is 1. The van der Waals surface area contributed by atoms with Gasteiger partial charge in [0.2, 0.25) is 3.79 Å². The average molecular weight is 585 g/mol. The van der Waals surface area contributed by atoms with Crippen LogP contribution in [0, 0.1) is 10.1 Å². The van der Waals surface area contributed by atoms with Gasteiger partial charge in [-0.2, -0.15) is 0 Å². The van der Waals surface area contributed by atoms with Gasteiger partial charge in [0.05, 0.1) is 11.5 Å². The lowest BCUT2D eigenvalue weighted by atomic mass is 10.0. The number of carbonyl (C=O) groups excluding carboxylic acids is 3. The van der Waals surface area contributed by atoms with E-state index < -0.39 is 44.7 Å². The number of nitrogens with one attached hydrogen (secondary N) is 1. The lowest BCUT2D eigenvalue weighted by Crippen LogP contribution is -2.70. The molecule has 0 unspecified atom stereocenters. The molecule has 0 aliphatic carbocycles. The maximum absolute atomic E-state index is 12.9. The quantitative estimate of drug-likeness (QED) is 0.0828. The Morgan fingerprint density at radius 1 is 1.22 bits per heavy atom. The number of non-ortho nitro benzene ring substituents is 1. The number of alkyl carbamates (subject to hydrolysis) is 1. The maximum Gasteiger partial charge on any atom is 0.408 e. The molecule has 0 aromatic heterocycles. The SMILES string of the molecule is COCOCC1=C(C(=O)OCC(Cl)(Cl)Cl)N2C(=O)[C@@H](NC(=O)OCc3ccc([N+](=O)[O-])cc3)[C@H]2SC1. The molecular formula is C20H20Cl3N3O9S. The standard InChI is InChI=1S/C20H20Cl3N3O9S/c1-32-10-33-7-12-8-36-17-14(16(27)25(17)15(12)18(28)35-9-20(21,22)23)24-19(29)34-6-11-2-4-13(5-3-11)26(30)31/h2-5,14,17H,6-10H2,1H3,(H,24,29)/t14-,17-/m1/s1. The normalized spacial score (nSPS) is 19.3. The maximum atomic E-state index is 12.9. The summed E-state index contributed by atoms with van der Waals surface area (Å²) in [4.78, 5) is 49.3. The third kappa shape index (κ3) is 7.14. The summed E-state index contributed by atoms with van der Waals surface area (Å²) in [5, 5.41) is 12.6. The summed E-state index contributed by atoms with van der Waals surface area (Å²) in [6.07, 6.45) is -0.870. The molecule has 2 heterocycles. The van der Waals surface area contributed by atoms with E-state index in [0.29, 0.717) is 16.9 Å². The lowest BCUT2D eigenvalue weighted by Gasteiger charge is -2.49. The molecule has 12 nitrogen and oxygen atoms in total. The Bertz CT molecular complexity index is 1050. The van der Waals surface area contributed by atoms with E-state index in [9.17, 15) is 24.5 Å². The first-order valence-electron chi connectivity index (χ1n) is 10.2. The molecule has 0 saturated carbocycles. The molecule has 1 N–H and O–H groups in total. The minimum atomic E-state index is -1.85. The van der Waals surface area contributed by atoms with Gasteiger partial charge in [-0.3, -0.25) is 19.8 Å². The van der Waals surface area contributed by atoms with E-state index in [-0.39, 0.29) is 31.4 Å². The fraction of sp³-hybridized carbons (Fsp3) is 0.450. The molecule has 2 atom stereocenters. The molecule has 2 amide bonds. The highest BCUT2D eigenvalue weighted by molar-refractivity contribution is 8.00. The second-order valence-corrected chi connectivity index (χ2v) is 11.1. The highest BCUT2D eigenvalue weighted by atomic mass is 35.6. The van der Waals surface area contributed by atoms with E-state index in [1.54, 1.807) is 0 Å². The number of β-lactam (4-membered cyclic amide) rings is 1. The van der Waals surface area contributed by atoms with E-state index in [1.165, 1.54) is 48.0 Å². The fourth-order valence-corrected chi connectivity index (χ4v) is 4.77. The highest BCUT2D eigenvalue weighted by Crippen LogP contribution is 2.41. The van der Waals surface area contributed by atoms with Crippen LogP contribution >= 0.6 is 46.6 Å². The molecule has 0 bridgehead atoms. The molecule has 1 fully saturated rings. The Labute approximate surface area is 224 Å². The number of amides is 2. The second-order valence-electron chi connectivity index (χ2n) is 7.43. The number of halogens is 3. The largest absolute Gasteiger partial charge is 0.456 e. The van der Waals surface area contributed by atoms with Crippen molar-refractivity contribution in [2.45, 2.75) is 21.8 Å². The highest BCUT2D eigenvalue weighted by Gasteiger charge is 2.54. The van der Waals surface area contributed by atoms with Crippen LogP contribution in [0.2, 0.25) is 0 Å². The van der Waals surface area contributed by atoms with Crippen molar-refractivity contribution < 1.29 is 38.3 Å². The summed E-state index contributed by atoms with van der Waals surface area (Å²) in [5.74, 6) is -1.15. The zero-order chi connectivity index (χ0) is 26.5. The Morgan fingerprint density at radius 3 is 2.53 bits per heavy atom. The van der Waals surface area contributed by atoms with Crippen molar-refractivity contribution in [2.24, 2.45) is 0 Å². The summed E-state index contributed by atoms with van der Waals surface area (Å²) < 4.78 is 18.5. The molecule has 2 aliphatic heterocycles. The summed E-state index contributed by atoms with van der Waals surface area (Å²) in [5.41, 5.74) is 0.842. The third-order valence-corrected chi connectivity index (χ3v) is 6.54. The first-order valence-corrected chi connectivity index (χ1v) is 12.3. The summed E-state index contributed by atoms with van der Waals surface area (Å²) in [6, 6.07) is 4.51. The number of nitrogens with zero attached hydrogens (tertiary/aromatic N) is 2. The molecule has 2 aliphatic rings. The molecular weight excluding hydrogens is 565 g/mol. The van der Waals surface area contributed by atoms with Gasteiger partial charge in [0, 0.05) is 25.0 Å². The lowest BCUT2D eigenvalue weighted by molar-refractivity contribution is -0.384. The van der Waals surface area contributed by atoms with Gasteiger partial charge in [-0.1, -0.05) is 34.8 Å². The van der Waals surface area contributed by atoms with Gasteiger partial charge < -0.3 is 24.3 Å². The van der Waals surface area contributed by atoms with Crippen molar-refractivity contribution in [1.29, 1.82) is 0 Å². The Morgan fingerprint density at radius 2 is 1.92 bits per heavy atom. The molecule has 1 aromatic carbocycles. The smallest absolute Gasteiger partial charge is 0.408 e. The summed E-state index contributed by atoms with van der Waals surface area (Å²) >= 11 is 18.3. The van der Waals surface area contributed by atoms with Crippen molar-refractivity contribution in [3.8, 4) is 0 Å². The van der Waals surface area contributed by atoms with Gasteiger partial charge in [0.1, 0.15) is 37.1 Å². The van der Waals surface area contributed by atoms with Gasteiger partial charge in [0.15, 0.2) is 0 Å². The van der Waals surface area contributed by atoms with Gasteiger partial charge in [-0.05, 0) is 23.3 Å². The van der Waals surface area contributed by atoms with Gasteiger partial charge >= 0.3 is 12.1 Å². The van der Waals surface area contributed by atoms with Crippen LogP contribution in [-0.4, -0.2) is 75.9 Å². The number of nitro groups is 1. The van der Waals surface area contributed by atoms with Crippen LogP contribution in [0.5, 0.6) is 0 Å². The predicted molar refractivity (Wildman–Crippen MR) is 129 cm³/mol. The van der Waals surface area contributed by atoms with Crippen molar-refractivity contribution in [3.05, 3.63) is 51.2 Å². The van der Waals surface area contributed by atoms with Crippen molar-refractivity contribution in [3.63, 3.8) is 0 Å². The predicted octanol–water partition coefficient (Wildman–Crippen LogP) is 2.89. The number of thioether (sulfide) groups is 1. The number of fused-ring (bicyclic) bond motifs is 1. The second kappa shape index (κ2) is 12.3.